The average molecular weight is 214 g/mol. The van der Waals surface area contributed by atoms with Crippen molar-refractivity contribution in [3.8, 4) is 0 Å². The van der Waals surface area contributed by atoms with E-state index in [1.54, 1.807) is 12.2 Å². The molecule has 0 aliphatic rings. The van der Waals surface area contributed by atoms with E-state index in [0.29, 0.717) is 6.42 Å². The molecule has 0 radical (unpaired) electrons. The maximum absolute atomic E-state index is 9.55. The van der Waals surface area contributed by atoms with Crippen LogP contribution in [0.4, 0.5) is 0 Å². The van der Waals surface area contributed by atoms with Gasteiger partial charge in [-0.1, -0.05) is 58.1 Å². The van der Waals surface area contributed by atoms with Gasteiger partial charge in [-0.25, -0.2) is 0 Å². The average Bonchev–Trinajstić information content (AvgIpc) is 2.25. The fourth-order valence-corrected chi connectivity index (χ4v) is 1.45. The first-order valence-electron chi connectivity index (χ1n) is 6.25. The summed E-state index contributed by atoms with van der Waals surface area (Å²) in [4.78, 5) is 0. The van der Waals surface area contributed by atoms with Crippen molar-refractivity contribution in [2.75, 3.05) is 0 Å². The maximum atomic E-state index is 9.55. The topological polar surface area (TPSA) is 40.5 Å². The standard InChI is InChI=1S/C13H26O2/c1-3-5-6-7-8-9-13(15)11-10-12(14)4-2/h10-15H,3-9H2,1-2H3/b11-10+/t12-,13-/m0/s1. The lowest BCUT2D eigenvalue weighted by Gasteiger charge is -2.06. The molecule has 15 heavy (non-hydrogen) atoms. The van der Waals surface area contributed by atoms with E-state index in [1.165, 1.54) is 25.7 Å². The van der Waals surface area contributed by atoms with Gasteiger partial charge in [-0.15, -0.1) is 0 Å². The molecule has 0 aliphatic carbocycles. The van der Waals surface area contributed by atoms with Crippen molar-refractivity contribution in [1.82, 2.24) is 0 Å². The van der Waals surface area contributed by atoms with Gasteiger partial charge in [-0.2, -0.15) is 0 Å². The lowest BCUT2D eigenvalue weighted by molar-refractivity contribution is 0.196. The molecule has 0 fully saturated rings. The van der Waals surface area contributed by atoms with Crippen LogP contribution in [0.15, 0.2) is 12.2 Å². The fourth-order valence-electron chi connectivity index (χ4n) is 1.45. The van der Waals surface area contributed by atoms with Crippen LogP contribution in [-0.2, 0) is 0 Å². The Morgan fingerprint density at radius 3 is 2.07 bits per heavy atom. The van der Waals surface area contributed by atoms with Crippen LogP contribution in [0.5, 0.6) is 0 Å². The highest BCUT2D eigenvalue weighted by Crippen LogP contribution is 2.08. The van der Waals surface area contributed by atoms with Gasteiger partial charge in [0.25, 0.3) is 0 Å². The lowest BCUT2D eigenvalue weighted by atomic mass is 10.1. The predicted molar refractivity (Wildman–Crippen MR) is 64.8 cm³/mol. The Balaban J connectivity index is 3.40. The Hall–Kier alpha value is -0.340. The summed E-state index contributed by atoms with van der Waals surface area (Å²) in [5.74, 6) is 0. The van der Waals surface area contributed by atoms with Crippen molar-refractivity contribution in [3.63, 3.8) is 0 Å². The Labute approximate surface area is 94.0 Å². The molecule has 2 atom stereocenters. The molecule has 0 saturated carbocycles. The molecule has 0 rings (SSSR count). The zero-order valence-corrected chi connectivity index (χ0v) is 10.2. The SMILES string of the molecule is CCCCCCC[C@H](O)/C=C/[C@@H](O)CC. The van der Waals surface area contributed by atoms with E-state index in [4.69, 9.17) is 0 Å². The third-order valence-electron chi connectivity index (χ3n) is 2.58. The first-order valence-corrected chi connectivity index (χ1v) is 6.25. The molecule has 0 saturated heterocycles. The maximum Gasteiger partial charge on any atom is 0.0721 e. The number of rotatable bonds is 9. The number of aliphatic hydroxyl groups is 2. The molecule has 0 heterocycles. The van der Waals surface area contributed by atoms with E-state index in [2.05, 4.69) is 6.92 Å². The molecule has 2 nitrogen and oxygen atoms in total. The van der Waals surface area contributed by atoms with E-state index >= 15 is 0 Å². The first kappa shape index (κ1) is 14.7. The van der Waals surface area contributed by atoms with Crippen LogP contribution in [0.25, 0.3) is 0 Å². The highest BCUT2D eigenvalue weighted by atomic mass is 16.3. The monoisotopic (exact) mass is 214 g/mol. The van der Waals surface area contributed by atoms with Gasteiger partial charge in [0, 0.05) is 0 Å². The summed E-state index contributed by atoms with van der Waals surface area (Å²) < 4.78 is 0. The molecule has 2 heteroatoms. The second kappa shape index (κ2) is 10.2. The Kier molecular flexibility index (Phi) is 9.96. The van der Waals surface area contributed by atoms with Crippen LogP contribution in [0.1, 0.15) is 58.8 Å². The number of hydrogen-bond acceptors (Lipinski definition) is 2. The molecule has 0 aromatic heterocycles. The van der Waals surface area contributed by atoms with E-state index in [0.717, 1.165) is 12.8 Å². The van der Waals surface area contributed by atoms with Crippen molar-refractivity contribution in [2.24, 2.45) is 0 Å². The van der Waals surface area contributed by atoms with Crippen LogP contribution in [0, 0.1) is 0 Å². The lowest BCUT2D eigenvalue weighted by Crippen LogP contribution is -2.05. The van der Waals surface area contributed by atoms with Crippen LogP contribution < -0.4 is 0 Å². The second-order valence-corrected chi connectivity index (χ2v) is 4.13. The molecule has 0 aliphatic heterocycles. The summed E-state index contributed by atoms with van der Waals surface area (Å²) in [5, 5.41) is 18.8. The minimum Gasteiger partial charge on any atom is -0.389 e. The van der Waals surface area contributed by atoms with Crippen LogP contribution in [-0.4, -0.2) is 22.4 Å². The summed E-state index contributed by atoms with van der Waals surface area (Å²) in [5.41, 5.74) is 0. The zero-order valence-electron chi connectivity index (χ0n) is 10.2. The van der Waals surface area contributed by atoms with Gasteiger partial charge in [-0.05, 0) is 12.8 Å². The molecule has 0 unspecified atom stereocenters. The summed E-state index contributed by atoms with van der Waals surface area (Å²) in [7, 11) is 0. The highest BCUT2D eigenvalue weighted by Gasteiger charge is 2.00. The van der Waals surface area contributed by atoms with E-state index < -0.39 is 6.10 Å². The van der Waals surface area contributed by atoms with Gasteiger partial charge < -0.3 is 10.2 Å². The summed E-state index contributed by atoms with van der Waals surface area (Å²) in [6, 6.07) is 0. The molecular weight excluding hydrogens is 188 g/mol. The number of unbranched alkanes of at least 4 members (excludes halogenated alkanes) is 4. The van der Waals surface area contributed by atoms with Crippen LogP contribution in [0.2, 0.25) is 0 Å². The molecule has 0 spiro atoms. The summed E-state index contributed by atoms with van der Waals surface area (Å²) >= 11 is 0. The number of aliphatic hydroxyl groups excluding tert-OH is 2. The third kappa shape index (κ3) is 9.95. The minimum atomic E-state index is -0.403. The quantitative estimate of drug-likeness (QED) is 0.457. The number of hydrogen-bond donors (Lipinski definition) is 2. The molecule has 0 amide bonds. The van der Waals surface area contributed by atoms with Gasteiger partial charge in [-0.3, -0.25) is 0 Å². The van der Waals surface area contributed by atoms with Gasteiger partial charge in [0.05, 0.1) is 12.2 Å². The minimum absolute atomic E-state index is 0.382. The van der Waals surface area contributed by atoms with Crippen molar-refractivity contribution < 1.29 is 10.2 Å². The predicted octanol–water partition coefficient (Wildman–Crippen LogP) is 3.03. The summed E-state index contributed by atoms with van der Waals surface area (Å²) in [6.45, 7) is 4.12. The smallest absolute Gasteiger partial charge is 0.0721 e. The van der Waals surface area contributed by atoms with Gasteiger partial charge in [0.1, 0.15) is 0 Å². The highest BCUT2D eigenvalue weighted by molar-refractivity contribution is 4.92. The molecule has 0 aromatic rings. The van der Waals surface area contributed by atoms with Crippen molar-refractivity contribution >= 4 is 0 Å². The fraction of sp³-hybridized carbons (Fsp3) is 0.846. The molecule has 0 bridgehead atoms. The largest absolute Gasteiger partial charge is 0.389 e. The zero-order chi connectivity index (χ0) is 11.5. The third-order valence-corrected chi connectivity index (χ3v) is 2.58. The molecular formula is C13H26O2. The second-order valence-electron chi connectivity index (χ2n) is 4.13. The Morgan fingerprint density at radius 2 is 1.47 bits per heavy atom. The van der Waals surface area contributed by atoms with E-state index in [9.17, 15) is 10.2 Å². The van der Waals surface area contributed by atoms with Gasteiger partial charge >= 0.3 is 0 Å². The molecule has 0 aromatic carbocycles. The van der Waals surface area contributed by atoms with Crippen molar-refractivity contribution in [3.05, 3.63) is 12.2 Å². The Bertz CT molecular complexity index is 155. The van der Waals surface area contributed by atoms with Crippen molar-refractivity contribution in [2.45, 2.75) is 71.0 Å². The van der Waals surface area contributed by atoms with Gasteiger partial charge in [0.15, 0.2) is 0 Å². The van der Waals surface area contributed by atoms with Crippen LogP contribution >= 0.6 is 0 Å². The van der Waals surface area contributed by atoms with E-state index in [-0.39, 0.29) is 6.10 Å². The molecule has 2 N–H and O–H groups in total. The summed E-state index contributed by atoms with van der Waals surface area (Å²) in [6.07, 6.45) is 10.2. The van der Waals surface area contributed by atoms with Crippen LogP contribution in [0.3, 0.4) is 0 Å². The van der Waals surface area contributed by atoms with Gasteiger partial charge in [0.2, 0.25) is 0 Å². The molecule has 90 valence electrons. The van der Waals surface area contributed by atoms with E-state index in [1.807, 2.05) is 6.92 Å². The Morgan fingerprint density at radius 1 is 0.867 bits per heavy atom. The van der Waals surface area contributed by atoms with Crippen molar-refractivity contribution in [1.29, 1.82) is 0 Å². The first-order chi connectivity index (χ1) is 7.20. The normalized spacial score (nSPS) is 15.7.